The van der Waals surface area contributed by atoms with Crippen LogP contribution in [0.15, 0.2) is 29.4 Å². The van der Waals surface area contributed by atoms with Gasteiger partial charge in [0.15, 0.2) is 0 Å². The molecular formula is C10H10N4O. The summed E-state index contributed by atoms with van der Waals surface area (Å²) in [5.74, 6) is 0. The Labute approximate surface area is 86.2 Å². The Kier molecular flexibility index (Phi) is 1.81. The second-order valence-electron chi connectivity index (χ2n) is 3.30. The standard InChI is InChI=1S/C10H10N4O/c1-2-8(13-10-11-4-5-15-10)7-6-12-14-9(7)3-1/h1-3,6H,4-5H2,(H,11,13)(H,12,14). The van der Waals surface area contributed by atoms with E-state index in [9.17, 15) is 0 Å². The molecule has 0 spiro atoms. The number of H-pyrrole nitrogens is 1. The Morgan fingerprint density at radius 2 is 2.40 bits per heavy atom. The van der Waals surface area contributed by atoms with Crippen molar-refractivity contribution in [2.24, 2.45) is 4.99 Å². The van der Waals surface area contributed by atoms with Crippen molar-refractivity contribution in [2.45, 2.75) is 0 Å². The molecule has 0 saturated heterocycles. The third-order valence-corrected chi connectivity index (χ3v) is 2.31. The van der Waals surface area contributed by atoms with Gasteiger partial charge in [0.25, 0.3) is 6.02 Å². The largest absolute Gasteiger partial charge is 0.463 e. The summed E-state index contributed by atoms with van der Waals surface area (Å²) in [4.78, 5) is 4.17. The van der Waals surface area contributed by atoms with Crippen molar-refractivity contribution in [1.29, 1.82) is 0 Å². The molecule has 1 aromatic heterocycles. The van der Waals surface area contributed by atoms with Crippen LogP contribution in [0.5, 0.6) is 0 Å². The van der Waals surface area contributed by atoms with Crippen molar-refractivity contribution in [3.63, 3.8) is 0 Å². The van der Waals surface area contributed by atoms with Gasteiger partial charge in [-0.3, -0.25) is 5.10 Å². The van der Waals surface area contributed by atoms with Gasteiger partial charge in [0.05, 0.1) is 23.9 Å². The molecule has 5 heteroatoms. The van der Waals surface area contributed by atoms with Crippen LogP contribution in [-0.4, -0.2) is 29.4 Å². The number of hydrogen-bond acceptors (Lipinski definition) is 4. The van der Waals surface area contributed by atoms with E-state index in [1.165, 1.54) is 0 Å². The van der Waals surface area contributed by atoms with Gasteiger partial charge in [0, 0.05) is 5.39 Å². The Balaban J connectivity index is 1.99. The van der Waals surface area contributed by atoms with E-state index < -0.39 is 0 Å². The van der Waals surface area contributed by atoms with Crippen LogP contribution in [0, 0.1) is 0 Å². The molecule has 0 saturated carbocycles. The number of aliphatic imine (C=N–C) groups is 1. The number of aromatic amines is 1. The molecule has 0 unspecified atom stereocenters. The summed E-state index contributed by atoms with van der Waals surface area (Å²) in [6.07, 6.45) is 1.78. The number of benzene rings is 1. The van der Waals surface area contributed by atoms with Gasteiger partial charge in [-0.15, -0.1) is 0 Å². The molecule has 0 amide bonds. The maximum Gasteiger partial charge on any atom is 0.289 e. The summed E-state index contributed by atoms with van der Waals surface area (Å²) in [5, 5.41) is 11.1. The molecule has 76 valence electrons. The van der Waals surface area contributed by atoms with Crippen LogP contribution in [-0.2, 0) is 4.74 Å². The summed E-state index contributed by atoms with van der Waals surface area (Å²) in [6.45, 7) is 1.38. The molecule has 1 aliphatic rings. The molecule has 3 rings (SSSR count). The summed E-state index contributed by atoms with van der Waals surface area (Å²) < 4.78 is 5.29. The van der Waals surface area contributed by atoms with Crippen molar-refractivity contribution in [2.75, 3.05) is 18.5 Å². The highest BCUT2D eigenvalue weighted by Crippen LogP contribution is 2.21. The molecule has 0 aliphatic carbocycles. The predicted octanol–water partition coefficient (Wildman–Crippen LogP) is 1.36. The third kappa shape index (κ3) is 1.41. The summed E-state index contributed by atoms with van der Waals surface area (Å²) in [5.41, 5.74) is 1.96. The molecule has 15 heavy (non-hydrogen) atoms. The molecule has 0 bridgehead atoms. The van der Waals surface area contributed by atoms with Gasteiger partial charge < -0.3 is 10.1 Å². The normalized spacial score (nSPS) is 15.1. The monoisotopic (exact) mass is 202 g/mol. The lowest BCUT2D eigenvalue weighted by atomic mass is 10.2. The number of hydrogen-bond donors (Lipinski definition) is 2. The molecule has 0 atom stereocenters. The molecule has 2 heterocycles. The molecule has 2 aromatic rings. The van der Waals surface area contributed by atoms with Gasteiger partial charge in [0.2, 0.25) is 0 Å². The lowest BCUT2D eigenvalue weighted by Crippen LogP contribution is -2.11. The fourth-order valence-electron chi connectivity index (χ4n) is 1.60. The second kappa shape index (κ2) is 3.27. The maximum absolute atomic E-state index is 5.29. The Hall–Kier alpha value is -2.04. The smallest absolute Gasteiger partial charge is 0.289 e. The maximum atomic E-state index is 5.29. The van der Waals surface area contributed by atoms with Crippen LogP contribution >= 0.6 is 0 Å². The fraction of sp³-hybridized carbons (Fsp3) is 0.200. The number of aromatic nitrogens is 2. The minimum Gasteiger partial charge on any atom is -0.463 e. The van der Waals surface area contributed by atoms with Crippen LogP contribution in [0.25, 0.3) is 10.9 Å². The fourth-order valence-corrected chi connectivity index (χ4v) is 1.60. The first kappa shape index (κ1) is 8.28. The highest BCUT2D eigenvalue weighted by Gasteiger charge is 2.09. The Morgan fingerprint density at radius 3 is 3.27 bits per heavy atom. The lowest BCUT2D eigenvalue weighted by molar-refractivity contribution is 0.346. The molecule has 0 radical (unpaired) electrons. The van der Waals surface area contributed by atoms with Crippen molar-refractivity contribution in [1.82, 2.24) is 10.2 Å². The van der Waals surface area contributed by atoms with Crippen molar-refractivity contribution in [3.05, 3.63) is 24.4 Å². The Bertz CT molecular complexity index is 517. The van der Waals surface area contributed by atoms with Gasteiger partial charge in [0.1, 0.15) is 6.61 Å². The molecule has 5 nitrogen and oxygen atoms in total. The van der Waals surface area contributed by atoms with E-state index in [4.69, 9.17) is 4.74 Å². The van der Waals surface area contributed by atoms with Crippen LogP contribution in [0.1, 0.15) is 0 Å². The van der Waals surface area contributed by atoms with Gasteiger partial charge >= 0.3 is 0 Å². The van der Waals surface area contributed by atoms with E-state index >= 15 is 0 Å². The predicted molar refractivity (Wildman–Crippen MR) is 58.0 cm³/mol. The molecule has 1 aromatic carbocycles. The SMILES string of the molecule is c1cc(NC2=NCCO2)c2cn[nH]c2c1. The quantitative estimate of drug-likeness (QED) is 0.734. The van der Waals surface area contributed by atoms with Crippen LogP contribution in [0.4, 0.5) is 5.69 Å². The van der Waals surface area contributed by atoms with Crippen LogP contribution < -0.4 is 5.32 Å². The van der Waals surface area contributed by atoms with Gasteiger partial charge in [-0.25, -0.2) is 4.99 Å². The van der Waals surface area contributed by atoms with Crippen molar-refractivity contribution >= 4 is 22.6 Å². The zero-order valence-corrected chi connectivity index (χ0v) is 8.03. The number of nitrogens with zero attached hydrogens (tertiary/aromatic N) is 2. The summed E-state index contributed by atoms with van der Waals surface area (Å²) in [7, 11) is 0. The second-order valence-corrected chi connectivity index (χ2v) is 3.30. The topological polar surface area (TPSA) is 62.3 Å². The first-order valence-corrected chi connectivity index (χ1v) is 4.80. The summed E-state index contributed by atoms with van der Waals surface area (Å²) >= 11 is 0. The number of fused-ring (bicyclic) bond motifs is 1. The van der Waals surface area contributed by atoms with Crippen LogP contribution in [0.3, 0.4) is 0 Å². The first-order valence-electron chi connectivity index (χ1n) is 4.80. The minimum absolute atomic E-state index is 0.587. The zero-order valence-electron chi connectivity index (χ0n) is 8.03. The van der Waals surface area contributed by atoms with E-state index in [0.717, 1.165) is 23.1 Å². The lowest BCUT2D eigenvalue weighted by Gasteiger charge is -2.05. The number of amidine groups is 1. The van der Waals surface area contributed by atoms with Crippen LogP contribution in [0.2, 0.25) is 0 Å². The molecular weight excluding hydrogens is 192 g/mol. The highest BCUT2D eigenvalue weighted by atomic mass is 16.5. The Morgan fingerprint density at radius 1 is 1.40 bits per heavy atom. The van der Waals surface area contributed by atoms with Crippen molar-refractivity contribution in [3.8, 4) is 0 Å². The van der Waals surface area contributed by atoms with Gasteiger partial charge in [-0.05, 0) is 12.1 Å². The molecule has 0 fully saturated rings. The zero-order chi connectivity index (χ0) is 10.1. The van der Waals surface area contributed by atoms with Gasteiger partial charge in [-0.1, -0.05) is 6.07 Å². The van der Waals surface area contributed by atoms with E-state index in [-0.39, 0.29) is 0 Å². The third-order valence-electron chi connectivity index (χ3n) is 2.31. The van der Waals surface area contributed by atoms with E-state index in [1.54, 1.807) is 6.20 Å². The number of anilines is 1. The highest BCUT2D eigenvalue weighted by molar-refractivity contribution is 6.00. The molecule has 2 N–H and O–H groups in total. The minimum atomic E-state index is 0.587. The first-order chi connectivity index (χ1) is 7.43. The average Bonchev–Trinajstić information content (AvgIpc) is 2.87. The number of nitrogens with one attached hydrogen (secondary N) is 2. The van der Waals surface area contributed by atoms with E-state index in [0.29, 0.717) is 12.6 Å². The summed E-state index contributed by atoms with van der Waals surface area (Å²) in [6, 6.07) is 6.49. The van der Waals surface area contributed by atoms with E-state index in [2.05, 4.69) is 20.5 Å². The van der Waals surface area contributed by atoms with Crippen molar-refractivity contribution < 1.29 is 4.74 Å². The average molecular weight is 202 g/mol. The van der Waals surface area contributed by atoms with E-state index in [1.807, 2.05) is 18.2 Å². The number of rotatable bonds is 1. The van der Waals surface area contributed by atoms with Gasteiger partial charge in [-0.2, -0.15) is 5.10 Å². The molecule has 1 aliphatic heterocycles. The number of ether oxygens (including phenoxy) is 1.